The molecular weight excluding hydrogens is 391 g/mol. The number of alkyl halides is 1. The van der Waals surface area contributed by atoms with Gasteiger partial charge < -0.3 is 4.74 Å². The van der Waals surface area contributed by atoms with Crippen LogP contribution < -0.4 is 4.74 Å². The molecule has 1 atom stereocenters. The number of benzene rings is 2. The zero-order valence-electron chi connectivity index (χ0n) is 10.6. The SMILES string of the molecule is COc1ccc(C(Cl)c2ccc(C)c(Br)c2)cc1Br. The summed E-state index contributed by atoms with van der Waals surface area (Å²) in [7, 11) is 1.65. The van der Waals surface area contributed by atoms with Gasteiger partial charge in [-0.15, -0.1) is 11.6 Å². The Morgan fingerprint density at radius 3 is 2.11 bits per heavy atom. The van der Waals surface area contributed by atoms with E-state index in [0.29, 0.717) is 0 Å². The minimum absolute atomic E-state index is 0.181. The standard InChI is InChI=1S/C15H13Br2ClO/c1-9-3-4-10(7-12(9)16)15(18)11-5-6-14(19-2)13(17)8-11/h3-8,15H,1-2H3. The lowest BCUT2D eigenvalue weighted by atomic mass is 10.0. The Bertz CT molecular complexity index is 599. The van der Waals surface area contributed by atoms with Gasteiger partial charge in [-0.05, 0) is 57.7 Å². The number of methoxy groups -OCH3 is 1. The zero-order chi connectivity index (χ0) is 14.0. The number of aryl methyl sites for hydroxylation is 1. The van der Waals surface area contributed by atoms with Crippen molar-refractivity contribution in [3.05, 3.63) is 62.0 Å². The maximum atomic E-state index is 6.54. The van der Waals surface area contributed by atoms with Gasteiger partial charge in [0, 0.05) is 4.47 Å². The van der Waals surface area contributed by atoms with Crippen LogP contribution in [0.1, 0.15) is 22.1 Å². The summed E-state index contributed by atoms with van der Waals surface area (Å²) in [5, 5.41) is -0.181. The number of hydrogen-bond acceptors (Lipinski definition) is 1. The van der Waals surface area contributed by atoms with E-state index in [0.717, 1.165) is 25.8 Å². The molecule has 0 aliphatic heterocycles. The molecule has 0 aliphatic carbocycles. The average molecular weight is 405 g/mol. The second-order valence-corrected chi connectivity index (χ2v) is 6.41. The van der Waals surface area contributed by atoms with Gasteiger partial charge >= 0.3 is 0 Å². The van der Waals surface area contributed by atoms with Crippen LogP contribution in [0.3, 0.4) is 0 Å². The molecule has 0 bridgehead atoms. The highest BCUT2D eigenvalue weighted by Crippen LogP contribution is 2.35. The molecule has 2 aromatic carbocycles. The summed E-state index contributed by atoms with van der Waals surface area (Å²) < 4.78 is 7.20. The summed E-state index contributed by atoms with van der Waals surface area (Å²) in [6.45, 7) is 2.06. The number of ether oxygens (including phenoxy) is 1. The van der Waals surface area contributed by atoms with Gasteiger partial charge in [0.25, 0.3) is 0 Å². The molecule has 19 heavy (non-hydrogen) atoms. The van der Waals surface area contributed by atoms with Crippen LogP contribution in [0.25, 0.3) is 0 Å². The van der Waals surface area contributed by atoms with Crippen LogP contribution in [0.5, 0.6) is 5.75 Å². The Kier molecular flexibility index (Phi) is 4.93. The van der Waals surface area contributed by atoms with Crippen molar-refractivity contribution >= 4 is 43.5 Å². The third-order valence-electron chi connectivity index (χ3n) is 2.96. The van der Waals surface area contributed by atoms with E-state index in [-0.39, 0.29) is 5.38 Å². The fraction of sp³-hybridized carbons (Fsp3) is 0.200. The van der Waals surface area contributed by atoms with E-state index in [1.807, 2.05) is 18.2 Å². The fourth-order valence-corrected chi connectivity index (χ4v) is 3.03. The molecule has 0 radical (unpaired) electrons. The van der Waals surface area contributed by atoms with E-state index in [1.54, 1.807) is 7.11 Å². The van der Waals surface area contributed by atoms with Crippen LogP contribution in [0.4, 0.5) is 0 Å². The number of hydrogen-bond donors (Lipinski definition) is 0. The molecule has 100 valence electrons. The zero-order valence-corrected chi connectivity index (χ0v) is 14.5. The lowest BCUT2D eigenvalue weighted by Gasteiger charge is -2.13. The van der Waals surface area contributed by atoms with E-state index in [2.05, 4.69) is 57.0 Å². The van der Waals surface area contributed by atoms with Crippen molar-refractivity contribution in [1.29, 1.82) is 0 Å². The average Bonchev–Trinajstić information content (AvgIpc) is 2.41. The summed E-state index contributed by atoms with van der Waals surface area (Å²) in [4.78, 5) is 0. The lowest BCUT2D eigenvalue weighted by molar-refractivity contribution is 0.412. The molecule has 0 fully saturated rings. The fourth-order valence-electron chi connectivity index (χ4n) is 1.80. The molecule has 0 spiro atoms. The summed E-state index contributed by atoms with van der Waals surface area (Å²) in [5.41, 5.74) is 3.30. The van der Waals surface area contributed by atoms with Gasteiger partial charge in [-0.3, -0.25) is 0 Å². The third-order valence-corrected chi connectivity index (χ3v) is 4.94. The quantitative estimate of drug-likeness (QED) is 0.583. The molecular formula is C15H13Br2ClO. The van der Waals surface area contributed by atoms with E-state index < -0.39 is 0 Å². The summed E-state index contributed by atoms with van der Waals surface area (Å²) >= 11 is 13.6. The van der Waals surface area contributed by atoms with E-state index in [9.17, 15) is 0 Å². The Morgan fingerprint density at radius 1 is 1.00 bits per heavy atom. The Morgan fingerprint density at radius 2 is 1.58 bits per heavy atom. The van der Waals surface area contributed by atoms with Crippen molar-refractivity contribution in [2.24, 2.45) is 0 Å². The van der Waals surface area contributed by atoms with Crippen molar-refractivity contribution in [1.82, 2.24) is 0 Å². The van der Waals surface area contributed by atoms with Gasteiger partial charge in [-0.25, -0.2) is 0 Å². The van der Waals surface area contributed by atoms with Crippen molar-refractivity contribution in [3.63, 3.8) is 0 Å². The minimum atomic E-state index is -0.181. The Balaban J connectivity index is 2.35. The smallest absolute Gasteiger partial charge is 0.133 e. The topological polar surface area (TPSA) is 9.23 Å². The first-order valence-corrected chi connectivity index (χ1v) is 7.78. The molecule has 0 aromatic heterocycles. The molecule has 0 saturated carbocycles. The Hall–Kier alpha value is -0.510. The molecule has 1 unspecified atom stereocenters. The van der Waals surface area contributed by atoms with E-state index in [4.69, 9.17) is 16.3 Å². The molecule has 2 aromatic rings. The van der Waals surface area contributed by atoms with Crippen molar-refractivity contribution in [3.8, 4) is 5.75 Å². The summed E-state index contributed by atoms with van der Waals surface area (Å²) in [6, 6.07) is 12.1. The van der Waals surface area contributed by atoms with Gasteiger partial charge in [0.2, 0.25) is 0 Å². The maximum Gasteiger partial charge on any atom is 0.133 e. The van der Waals surface area contributed by atoms with Crippen molar-refractivity contribution in [2.75, 3.05) is 7.11 Å². The van der Waals surface area contributed by atoms with Gasteiger partial charge in [0.1, 0.15) is 5.75 Å². The van der Waals surface area contributed by atoms with Gasteiger partial charge in [0.05, 0.1) is 17.0 Å². The van der Waals surface area contributed by atoms with Gasteiger partial charge in [-0.1, -0.05) is 34.1 Å². The predicted molar refractivity (Wildman–Crippen MR) is 87.3 cm³/mol. The molecule has 4 heteroatoms. The summed E-state index contributed by atoms with van der Waals surface area (Å²) in [6.07, 6.45) is 0. The van der Waals surface area contributed by atoms with Crippen molar-refractivity contribution in [2.45, 2.75) is 12.3 Å². The van der Waals surface area contributed by atoms with E-state index >= 15 is 0 Å². The first-order chi connectivity index (χ1) is 9.02. The predicted octanol–water partition coefficient (Wildman–Crippen LogP) is 5.86. The second-order valence-electron chi connectivity index (χ2n) is 4.27. The molecule has 2 rings (SSSR count). The summed E-state index contributed by atoms with van der Waals surface area (Å²) in [5.74, 6) is 0.803. The van der Waals surface area contributed by atoms with Crippen LogP contribution >= 0.6 is 43.5 Å². The van der Waals surface area contributed by atoms with Crippen LogP contribution in [0.15, 0.2) is 45.3 Å². The highest BCUT2D eigenvalue weighted by molar-refractivity contribution is 9.10. The molecule has 0 heterocycles. The second kappa shape index (κ2) is 6.29. The van der Waals surface area contributed by atoms with Crippen LogP contribution in [-0.4, -0.2) is 7.11 Å². The maximum absolute atomic E-state index is 6.54. The molecule has 0 N–H and O–H groups in total. The Labute approximate surface area is 135 Å². The first kappa shape index (κ1) is 14.9. The largest absolute Gasteiger partial charge is 0.496 e. The normalized spacial score (nSPS) is 12.3. The molecule has 0 amide bonds. The van der Waals surface area contributed by atoms with E-state index in [1.165, 1.54) is 5.56 Å². The lowest BCUT2D eigenvalue weighted by Crippen LogP contribution is -1.95. The molecule has 1 nitrogen and oxygen atoms in total. The highest BCUT2D eigenvalue weighted by Gasteiger charge is 2.13. The number of halogens is 3. The van der Waals surface area contributed by atoms with Crippen LogP contribution in [0, 0.1) is 6.92 Å². The highest BCUT2D eigenvalue weighted by atomic mass is 79.9. The van der Waals surface area contributed by atoms with Crippen LogP contribution in [-0.2, 0) is 0 Å². The van der Waals surface area contributed by atoms with Crippen molar-refractivity contribution < 1.29 is 4.74 Å². The van der Waals surface area contributed by atoms with Gasteiger partial charge in [0.15, 0.2) is 0 Å². The minimum Gasteiger partial charge on any atom is -0.496 e. The van der Waals surface area contributed by atoms with Crippen LogP contribution in [0.2, 0.25) is 0 Å². The molecule has 0 saturated heterocycles. The monoisotopic (exact) mass is 402 g/mol. The first-order valence-electron chi connectivity index (χ1n) is 5.76. The van der Waals surface area contributed by atoms with Gasteiger partial charge in [-0.2, -0.15) is 0 Å². The third kappa shape index (κ3) is 3.33. The molecule has 0 aliphatic rings. The number of rotatable bonds is 3.